The molecule has 0 aromatic heterocycles. The minimum Gasteiger partial charge on any atom is -0.362 e. The van der Waals surface area contributed by atoms with Crippen molar-refractivity contribution >= 4 is 27.5 Å². The lowest BCUT2D eigenvalue weighted by Crippen LogP contribution is -2.20. The van der Waals surface area contributed by atoms with Gasteiger partial charge in [0.25, 0.3) is 10.0 Å². The van der Waals surface area contributed by atoms with E-state index < -0.39 is 10.0 Å². The highest BCUT2D eigenvalue weighted by Gasteiger charge is 2.43. The Hall–Kier alpha value is -2.74. The third kappa shape index (κ3) is 4.32. The van der Waals surface area contributed by atoms with Crippen LogP contribution in [0.15, 0.2) is 57.8 Å². The summed E-state index contributed by atoms with van der Waals surface area (Å²) >= 11 is 0. The third-order valence-corrected chi connectivity index (χ3v) is 6.72. The number of hydrogen-bond acceptors (Lipinski definition) is 3. The topological polar surface area (TPSA) is 78.8 Å². The molecule has 2 aromatic rings. The average Bonchev–Trinajstić information content (AvgIpc) is 3.40. The van der Waals surface area contributed by atoms with Crippen LogP contribution in [-0.2, 0) is 14.8 Å². The number of sulfonamides is 1. The van der Waals surface area contributed by atoms with Crippen molar-refractivity contribution < 1.29 is 17.6 Å². The molecule has 1 amide bonds. The number of amidine groups is 1. The second-order valence-electron chi connectivity index (χ2n) is 7.52. The van der Waals surface area contributed by atoms with Gasteiger partial charge in [-0.3, -0.25) is 4.79 Å². The van der Waals surface area contributed by atoms with Gasteiger partial charge in [0.15, 0.2) is 0 Å². The molecule has 2 aromatic carbocycles. The van der Waals surface area contributed by atoms with Crippen LogP contribution in [0.4, 0.5) is 10.1 Å². The van der Waals surface area contributed by atoms with E-state index in [1.54, 1.807) is 24.3 Å². The Balaban J connectivity index is 1.40. The maximum Gasteiger partial charge on any atom is 0.283 e. The first kappa shape index (κ1) is 19.6. The second-order valence-corrected chi connectivity index (χ2v) is 9.13. The predicted molar refractivity (Wildman–Crippen MR) is 109 cm³/mol. The van der Waals surface area contributed by atoms with Gasteiger partial charge in [-0.15, -0.1) is 4.40 Å². The molecule has 29 heavy (non-hydrogen) atoms. The highest BCUT2D eigenvalue weighted by Crippen LogP contribution is 2.48. The van der Waals surface area contributed by atoms with E-state index in [4.69, 9.17) is 0 Å². The SMILES string of the molecule is CN1CCC/C1=N\S(=O)(=O)c1ccc(NC(=O)C2CC2c2ccc(F)cc2)cc1. The lowest BCUT2D eigenvalue weighted by atomic mass is 10.1. The van der Waals surface area contributed by atoms with Gasteiger partial charge in [0.1, 0.15) is 11.7 Å². The molecular formula is C21H22FN3O3S. The first-order valence-corrected chi connectivity index (χ1v) is 11.0. The smallest absolute Gasteiger partial charge is 0.283 e. The first-order valence-electron chi connectivity index (χ1n) is 9.55. The predicted octanol–water partition coefficient (Wildman–Crippen LogP) is 3.38. The van der Waals surface area contributed by atoms with Crippen molar-refractivity contribution in [1.29, 1.82) is 0 Å². The van der Waals surface area contributed by atoms with Crippen molar-refractivity contribution in [2.24, 2.45) is 10.3 Å². The fourth-order valence-electron chi connectivity index (χ4n) is 3.61. The van der Waals surface area contributed by atoms with Gasteiger partial charge in [0, 0.05) is 31.6 Å². The number of rotatable bonds is 5. The Morgan fingerprint density at radius 1 is 1.14 bits per heavy atom. The van der Waals surface area contributed by atoms with Crippen LogP contribution in [0.25, 0.3) is 0 Å². The summed E-state index contributed by atoms with van der Waals surface area (Å²) in [5.41, 5.74) is 1.48. The van der Waals surface area contributed by atoms with Gasteiger partial charge in [-0.1, -0.05) is 12.1 Å². The molecule has 8 heteroatoms. The molecule has 2 fully saturated rings. The molecule has 0 bridgehead atoms. The zero-order valence-corrected chi connectivity index (χ0v) is 16.8. The molecule has 1 N–H and O–H groups in total. The number of nitrogens with zero attached hydrogens (tertiary/aromatic N) is 2. The number of anilines is 1. The van der Waals surface area contributed by atoms with Gasteiger partial charge in [0.05, 0.1) is 4.90 Å². The Labute approximate surface area is 169 Å². The summed E-state index contributed by atoms with van der Waals surface area (Å²) in [6.07, 6.45) is 2.27. The highest BCUT2D eigenvalue weighted by molar-refractivity contribution is 7.90. The van der Waals surface area contributed by atoms with Crippen LogP contribution in [0, 0.1) is 11.7 Å². The molecule has 0 radical (unpaired) electrons. The van der Waals surface area contributed by atoms with Crippen LogP contribution in [0.5, 0.6) is 0 Å². The van der Waals surface area contributed by atoms with E-state index in [2.05, 4.69) is 9.71 Å². The van der Waals surface area contributed by atoms with E-state index >= 15 is 0 Å². The van der Waals surface area contributed by atoms with E-state index in [0.29, 0.717) is 17.9 Å². The number of carbonyl (C=O) groups excluding carboxylic acids is 1. The van der Waals surface area contributed by atoms with E-state index in [1.165, 1.54) is 24.3 Å². The van der Waals surface area contributed by atoms with E-state index in [0.717, 1.165) is 24.9 Å². The molecular weight excluding hydrogens is 393 g/mol. The summed E-state index contributed by atoms with van der Waals surface area (Å²) in [4.78, 5) is 14.4. The lowest BCUT2D eigenvalue weighted by Gasteiger charge is -2.11. The maximum absolute atomic E-state index is 13.0. The fourth-order valence-corrected chi connectivity index (χ4v) is 4.70. The van der Waals surface area contributed by atoms with Gasteiger partial charge in [-0.05, 0) is 60.7 Å². The van der Waals surface area contributed by atoms with E-state index in [9.17, 15) is 17.6 Å². The van der Waals surface area contributed by atoms with Crippen molar-refractivity contribution in [3.63, 3.8) is 0 Å². The van der Waals surface area contributed by atoms with Gasteiger partial charge >= 0.3 is 0 Å². The standard InChI is InChI=1S/C21H22FN3O3S/c1-25-12-2-3-20(25)24-29(27,28)17-10-8-16(9-11-17)23-21(26)19-13-18(19)14-4-6-15(22)7-5-14/h4-11,18-19H,2-3,12-13H2,1H3,(H,23,26)/b24-20+. The summed E-state index contributed by atoms with van der Waals surface area (Å²) in [5.74, 6) is 0.0866. The minimum absolute atomic E-state index is 0.0921. The normalized spacial score (nSPS) is 22.7. The number of benzene rings is 2. The van der Waals surface area contributed by atoms with Crippen LogP contribution < -0.4 is 5.32 Å². The van der Waals surface area contributed by atoms with Crippen molar-refractivity contribution in [2.75, 3.05) is 18.9 Å². The van der Waals surface area contributed by atoms with Crippen LogP contribution in [0.1, 0.15) is 30.7 Å². The number of amides is 1. The van der Waals surface area contributed by atoms with Crippen LogP contribution >= 0.6 is 0 Å². The van der Waals surface area contributed by atoms with Gasteiger partial charge in [-0.25, -0.2) is 4.39 Å². The summed E-state index contributed by atoms with van der Waals surface area (Å²) in [5, 5.41) is 2.82. The molecule has 152 valence electrons. The number of carbonyl (C=O) groups is 1. The Morgan fingerprint density at radius 3 is 2.45 bits per heavy atom. The summed E-state index contributed by atoms with van der Waals surface area (Å²) in [6, 6.07) is 12.2. The van der Waals surface area contributed by atoms with Crippen molar-refractivity contribution in [1.82, 2.24) is 4.90 Å². The Kier molecular flexibility index (Phi) is 5.12. The molecule has 1 saturated heterocycles. The summed E-state index contributed by atoms with van der Waals surface area (Å²) < 4.78 is 41.9. The number of hydrogen-bond donors (Lipinski definition) is 1. The zero-order valence-electron chi connectivity index (χ0n) is 16.0. The van der Waals surface area contributed by atoms with Crippen molar-refractivity contribution in [3.05, 3.63) is 59.9 Å². The zero-order chi connectivity index (χ0) is 20.6. The number of likely N-dealkylation sites (tertiary alicyclic amines) is 1. The largest absolute Gasteiger partial charge is 0.362 e. The highest BCUT2D eigenvalue weighted by atomic mass is 32.2. The maximum atomic E-state index is 13.0. The molecule has 1 aliphatic carbocycles. The van der Waals surface area contributed by atoms with Crippen LogP contribution in [0.2, 0.25) is 0 Å². The molecule has 4 rings (SSSR count). The molecule has 1 aliphatic heterocycles. The third-order valence-electron chi connectivity index (χ3n) is 5.41. The molecule has 2 atom stereocenters. The molecule has 6 nitrogen and oxygen atoms in total. The lowest BCUT2D eigenvalue weighted by molar-refractivity contribution is -0.117. The Morgan fingerprint density at radius 2 is 1.83 bits per heavy atom. The number of nitrogens with one attached hydrogen (secondary N) is 1. The van der Waals surface area contributed by atoms with Gasteiger partial charge in [0.2, 0.25) is 5.91 Å². The van der Waals surface area contributed by atoms with E-state index in [-0.39, 0.29) is 28.5 Å². The molecule has 2 unspecified atom stereocenters. The van der Waals surface area contributed by atoms with Crippen LogP contribution in [-0.4, -0.2) is 38.7 Å². The minimum atomic E-state index is -3.77. The van der Waals surface area contributed by atoms with Gasteiger partial charge in [-0.2, -0.15) is 8.42 Å². The molecule has 2 aliphatic rings. The molecule has 1 heterocycles. The first-order chi connectivity index (χ1) is 13.8. The molecule has 0 spiro atoms. The second kappa shape index (κ2) is 7.59. The van der Waals surface area contributed by atoms with Gasteiger partial charge < -0.3 is 10.2 Å². The fraction of sp³-hybridized carbons (Fsp3) is 0.333. The monoisotopic (exact) mass is 415 g/mol. The number of halogens is 1. The van der Waals surface area contributed by atoms with Crippen molar-refractivity contribution in [3.8, 4) is 0 Å². The van der Waals surface area contributed by atoms with E-state index in [1.807, 2.05) is 11.9 Å². The quantitative estimate of drug-likeness (QED) is 0.812. The molecule has 1 saturated carbocycles. The summed E-state index contributed by atoms with van der Waals surface area (Å²) in [6.45, 7) is 0.805. The summed E-state index contributed by atoms with van der Waals surface area (Å²) in [7, 11) is -1.94. The van der Waals surface area contributed by atoms with Crippen LogP contribution in [0.3, 0.4) is 0 Å². The van der Waals surface area contributed by atoms with Crippen molar-refractivity contribution in [2.45, 2.75) is 30.1 Å². The Bertz CT molecular complexity index is 1050. The average molecular weight is 415 g/mol.